The first-order valence-corrected chi connectivity index (χ1v) is 8.89. The van der Waals surface area contributed by atoms with Gasteiger partial charge in [0.1, 0.15) is 0 Å². The molecule has 2 N–H and O–H groups in total. The summed E-state index contributed by atoms with van der Waals surface area (Å²) in [6.45, 7) is 3.84. The van der Waals surface area contributed by atoms with Crippen molar-refractivity contribution in [2.24, 2.45) is 0 Å². The summed E-state index contributed by atoms with van der Waals surface area (Å²) in [6, 6.07) is 7.59. The molecule has 1 aromatic heterocycles. The number of nitrogens with zero attached hydrogens (tertiary/aromatic N) is 3. The molecule has 1 aliphatic heterocycles. The van der Waals surface area contributed by atoms with Crippen LogP contribution in [0.1, 0.15) is 35.7 Å². The number of hydrogen-bond donors (Lipinski definition) is 2. The molecule has 1 unspecified atom stereocenters. The first-order valence-electron chi connectivity index (χ1n) is 8.89. The van der Waals surface area contributed by atoms with E-state index in [1.807, 2.05) is 30.5 Å². The third kappa shape index (κ3) is 4.49. The Morgan fingerprint density at radius 2 is 2.12 bits per heavy atom. The van der Waals surface area contributed by atoms with Gasteiger partial charge in [-0.25, -0.2) is 4.68 Å². The SMILES string of the molecule is CC(=O)NCc1cnn(-c2ccccc2C(=O)NC2CCCN(C)C2)c1. The molecule has 26 heavy (non-hydrogen) atoms. The van der Waals surface area contributed by atoms with Crippen molar-refractivity contribution in [3.05, 3.63) is 47.8 Å². The Hall–Kier alpha value is -2.67. The zero-order chi connectivity index (χ0) is 18.5. The van der Waals surface area contributed by atoms with Crippen molar-refractivity contribution in [3.8, 4) is 5.69 Å². The monoisotopic (exact) mass is 355 g/mol. The first kappa shape index (κ1) is 18.1. The van der Waals surface area contributed by atoms with Gasteiger partial charge in [0.05, 0.1) is 17.4 Å². The molecule has 1 atom stereocenters. The van der Waals surface area contributed by atoms with Crippen LogP contribution in [0.2, 0.25) is 0 Å². The standard InChI is InChI=1S/C19H25N5O2/c1-14(25)20-10-15-11-21-24(12-15)18-8-4-3-7-17(18)19(26)22-16-6-5-9-23(2)13-16/h3-4,7-8,11-12,16H,5-6,9-10,13H2,1-2H3,(H,20,25)(H,22,26). The summed E-state index contributed by atoms with van der Waals surface area (Å²) in [5.74, 6) is -0.171. The lowest BCUT2D eigenvalue weighted by Crippen LogP contribution is -2.46. The van der Waals surface area contributed by atoms with Crippen molar-refractivity contribution in [2.75, 3.05) is 20.1 Å². The second-order valence-electron chi connectivity index (χ2n) is 6.79. The fourth-order valence-electron chi connectivity index (χ4n) is 3.22. The lowest BCUT2D eigenvalue weighted by atomic mass is 10.1. The molecule has 2 amide bonds. The van der Waals surface area contributed by atoms with Gasteiger partial charge in [-0.15, -0.1) is 0 Å². The summed E-state index contributed by atoms with van der Waals surface area (Å²) in [7, 11) is 2.08. The number of hydrogen-bond acceptors (Lipinski definition) is 4. The van der Waals surface area contributed by atoms with Crippen molar-refractivity contribution in [3.63, 3.8) is 0 Å². The van der Waals surface area contributed by atoms with Crippen molar-refractivity contribution in [2.45, 2.75) is 32.4 Å². The predicted molar refractivity (Wildman–Crippen MR) is 99.1 cm³/mol. The molecule has 0 saturated carbocycles. The van der Waals surface area contributed by atoms with Crippen LogP contribution in [0.15, 0.2) is 36.7 Å². The maximum atomic E-state index is 12.8. The van der Waals surface area contributed by atoms with E-state index in [-0.39, 0.29) is 17.9 Å². The van der Waals surface area contributed by atoms with Crippen LogP contribution in [-0.4, -0.2) is 52.7 Å². The second kappa shape index (κ2) is 8.14. The van der Waals surface area contributed by atoms with E-state index in [0.29, 0.717) is 12.1 Å². The summed E-state index contributed by atoms with van der Waals surface area (Å²) in [5, 5.41) is 10.2. The largest absolute Gasteiger partial charge is 0.352 e. The third-order valence-electron chi connectivity index (χ3n) is 4.53. The van der Waals surface area contributed by atoms with E-state index in [1.54, 1.807) is 10.9 Å². The molecule has 3 rings (SSSR count). The number of rotatable bonds is 5. The first-order chi connectivity index (χ1) is 12.5. The number of amides is 2. The highest BCUT2D eigenvalue weighted by Gasteiger charge is 2.21. The lowest BCUT2D eigenvalue weighted by Gasteiger charge is -2.30. The fourth-order valence-corrected chi connectivity index (χ4v) is 3.22. The Balaban J connectivity index is 1.75. The molecule has 0 bridgehead atoms. The highest BCUT2D eigenvalue weighted by molar-refractivity contribution is 5.97. The number of benzene rings is 1. The van der Waals surface area contributed by atoms with Gasteiger partial charge in [-0.3, -0.25) is 9.59 Å². The van der Waals surface area contributed by atoms with E-state index in [2.05, 4.69) is 27.7 Å². The van der Waals surface area contributed by atoms with Gasteiger partial charge < -0.3 is 15.5 Å². The summed E-state index contributed by atoms with van der Waals surface area (Å²) in [5.41, 5.74) is 2.20. The maximum Gasteiger partial charge on any atom is 0.253 e. The number of para-hydroxylation sites is 1. The number of likely N-dealkylation sites (tertiary alicyclic amines) is 1. The molecule has 1 aliphatic rings. The Labute approximate surface area is 153 Å². The van der Waals surface area contributed by atoms with E-state index < -0.39 is 0 Å². The molecule has 1 saturated heterocycles. The third-order valence-corrected chi connectivity index (χ3v) is 4.53. The minimum atomic E-state index is -0.0880. The molecular weight excluding hydrogens is 330 g/mol. The zero-order valence-corrected chi connectivity index (χ0v) is 15.2. The van der Waals surface area contributed by atoms with Crippen molar-refractivity contribution < 1.29 is 9.59 Å². The van der Waals surface area contributed by atoms with Gasteiger partial charge in [-0.05, 0) is 38.6 Å². The van der Waals surface area contributed by atoms with E-state index in [4.69, 9.17) is 0 Å². The highest BCUT2D eigenvalue weighted by atomic mass is 16.2. The Bertz CT molecular complexity index is 786. The second-order valence-corrected chi connectivity index (χ2v) is 6.79. The van der Waals surface area contributed by atoms with Crippen LogP contribution < -0.4 is 10.6 Å². The zero-order valence-electron chi connectivity index (χ0n) is 15.2. The summed E-state index contributed by atoms with van der Waals surface area (Å²) in [4.78, 5) is 26.1. The van der Waals surface area contributed by atoms with Gasteiger partial charge in [-0.2, -0.15) is 5.10 Å². The molecule has 0 radical (unpaired) electrons. The van der Waals surface area contributed by atoms with Crippen LogP contribution in [-0.2, 0) is 11.3 Å². The molecule has 2 heterocycles. The van der Waals surface area contributed by atoms with Crippen LogP contribution >= 0.6 is 0 Å². The normalized spacial score (nSPS) is 17.7. The van der Waals surface area contributed by atoms with E-state index in [0.717, 1.165) is 37.2 Å². The van der Waals surface area contributed by atoms with Gasteiger partial charge in [0, 0.05) is 37.8 Å². The van der Waals surface area contributed by atoms with Crippen molar-refractivity contribution in [1.82, 2.24) is 25.3 Å². The van der Waals surface area contributed by atoms with E-state index >= 15 is 0 Å². The van der Waals surface area contributed by atoms with Gasteiger partial charge in [0.15, 0.2) is 0 Å². The average Bonchev–Trinajstić information content (AvgIpc) is 3.09. The van der Waals surface area contributed by atoms with Gasteiger partial charge in [0.2, 0.25) is 5.91 Å². The molecule has 2 aromatic rings. The molecule has 138 valence electrons. The van der Waals surface area contributed by atoms with Crippen LogP contribution in [0, 0.1) is 0 Å². The molecule has 1 aromatic carbocycles. The summed E-state index contributed by atoms with van der Waals surface area (Å²) < 4.78 is 1.68. The molecule has 0 aliphatic carbocycles. The van der Waals surface area contributed by atoms with Crippen LogP contribution in [0.4, 0.5) is 0 Å². The number of nitrogens with one attached hydrogen (secondary N) is 2. The van der Waals surface area contributed by atoms with Gasteiger partial charge in [-0.1, -0.05) is 12.1 Å². The van der Waals surface area contributed by atoms with Crippen LogP contribution in [0.3, 0.4) is 0 Å². The molecular formula is C19H25N5O2. The highest BCUT2D eigenvalue weighted by Crippen LogP contribution is 2.16. The predicted octanol–water partition coefficient (Wildman–Crippen LogP) is 1.33. The fraction of sp³-hybridized carbons (Fsp3) is 0.421. The number of carbonyl (C=O) groups is 2. The van der Waals surface area contributed by atoms with Crippen molar-refractivity contribution >= 4 is 11.8 Å². The molecule has 7 heteroatoms. The minimum Gasteiger partial charge on any atom is -0.352 e. The topological polar surface area (TPSA) is 79.3 Å². The molecule has 0 spiro atoms. The number of piperidine rings is 1. The average molecular weight is 355 g/mol. The Kier molecular flexibility index (Phi) is 5.68. The molecule has 7 nitrogen and oxygen atoms in total. The number of likely N-dealkylation sites (N-methyl/N-ethyl adjacent to an activating group) is 1. The van der Waals surface area contributed by atoms with Crippen LogP contribution in [0.5, 0.6) is 0 Å². The minimum absolute atomic E-state index is 0.0835. The van der Waals surface area contributed by atoms with Gasteiger partial charge in [0.25, 0.3) is 5.91 Å². The Morgan fingerprint density at radius 3 is 2.88 bits per heavy atom. The number of aromatic nitrogens is 2. The van der Waals surface area contributed by atoms with Crippen LogP contribution in [0.25, 0.3) is 5.69 Å². The van der Waals surface area contributed by atoms with Crippen molar-refractivity contribution in [1.29, 1.82) is 0 Å². The van der Waals surface area contributed by atoms with E-state index in [1.165, 1.54) is 6.92 Å². The van der Waals surface area contributed by atoms with E-state index in [9.17, 15) is 9.59 Å². The summed E-state index contributed by atoms with van der Waals surface area (Å²) >= 11 is 0. The summed E-state index contributed by atoms with van der Waals surface area (Å²) in [6.07, 6.45) is 5.62. The smallest absolute Gasteiger partial charge is 0.253 e. The maximum absolute atomic E-state index is 12.8. The lowest BCUT2D eigenvalue weighted by molar-refractivity contribution is -0.119. The Morgan fingerprint density at radius 1 is 1.31 bits per heavy atom. The quantitative estimate of drug-likeness (QED) is 0.848. The number of carbonyl (C=O) groups excluding carboxylic acids is 2. The van der Waals surface area contributed by atoms with Gasteiger partial charge >= 0.3 is 0 Å². The molecule has 1 fully saturated rings.